The number of piperazine rings is 1. The third-order valence-electron chi connectivity index (χ3n) is 4.95. The molecule has 6 nitrogen and oxygen atoms in total. The number of aromatic nitrogens is 4. The van der Waals surface area contributed by atoms with E-state index < -0.39 is 0 Å². The van der Waals surface area contributed by atoms with Crippen molar-refractivity contribution >= 4 is 22.5 Å². The van der Waals surface area contributed by atoms with Gasteiger partial charge in [-0.2, -0.15) is 4.37 Å². The Balaban J connectivity index is 1.57. The Morgan fingerprint density at radius 1 is 0.920 bits per heavy atom. The molecule has 3 heterocycles. The second kappa shape index (κ2) is 6.20. The first-order chi connectivity index (χ1) is 11.9. The summed E-state index contributed by atoms with van der Waals surface area (Å²) in [7, 11) is 0. The van der Waals surface area contributed by atoms with Crippen LogP contribution >= 0.6 is 11.5 Å². The van der Waals surface area contributed by atoms with E-state index in [9.17, 15) is 0 Å². The zero-order valence-corrected chi connectivity index (χ0v) is 16.4. The van der Waals surface area contributed by atoms with E-state index in [0.29, 0.717) is 0 Å². The quantitative estimate of drug-likeness (QED) is 0.823. The Labute approximate surface area is 153 Å². The van der Waals surface area contributed by atoms with Gasteiger partial charge in [0.25, 0.3) is 0 Å². The van der Waals surface area contributed by atoms with E-state index in [-0.39, 0.29) is 5.41 Å². The zero-order valence-electron chi connectivity index (χ0n) is 15.5. The lowest BCUT2D eigenvalue weighted by Gasteiger charge is -2.36. The van der Waals surface area contributed by atoms with Crippen LogP contribution in [0, 0.1) is 6.92 Å². The largest absolute Gasteiger partial charge is 0.353 e. The van der Waals surface area contributed by atoms with Gasteiger partial charge in [0.2, 0.25) is 5.13 Å². The molecule has 0 bridgehead atoms. The van der Waals surface area contributed by atoms with Crippen LogP contribution in [-0.2, 0) is 18.3 Å². The number of hydrogen-bond donors (Lipinski definition) is 0. The highest BCUT2D eigenvalue weighted by atomic mass is 32.1. The van der Waals surface area contributed by atoms with Gasteiger partial charge in [0.1, 0.15) is 17.5 Å². The van der Waals surface area contributed by atoms with Crippen LogP contribution in [0.25, 0.3) is 0 Å². The number of hydrogen-bond acceptors (Lipinski definition) is 7. The van der Waals surface area contributed by atoms with Crippen LogP contribution in [0.1, 0.15) is 50.1 Å². The summed E-state index contributed by atoms with van der Waals surface area (Å²) in [6, 6.07) is 0. The molecule has 2 aromatic heterocycles. The van der Waals surface area contributed by atoms with Crippen LogP contribution in [0.5, 0.6) is 0 Å². The van der Waals surface area contributed by atoms with Crippen molar-refractivity contribution in [1.29, 1.82) is 0 Å². The third-order valence-corrected chi connectivity index (χ3v) is 5.82. The summed E-state index contributed by atoms with van der Waals surface area (Å²) >= 11 is 1.50. The van der Waals surface area contributed by atoms with Crippen molar-refractivity contribution in [1.82, 2.24) is 19.3 Å². The molecule has 7 heteroatoms. The van der Waals surface area contributed by atoms with Crippen LogP contribution in [-0.4, -0.2) is 45.5 Å². The molecule has 0 aromatic carbocycles. The first-order valence-electron chi connectivity index (χ1n) is 9.12. The van der Waals surface area contributed by atoms with Crippen LogP contribution in [0.2, 0.25) is 0 Å². The summed E-state index contributed by atoms with van der Waals surface area (Å²) in [4.78, 5) is 19.2. The minimum Gasteiger partial charge on any atom is -0.353 e. The molecule has 1 aliphatic carbocycles. The molecule has 0 radical (unpaired) electrons. The molecule has 0 spiro atoms. The number of rotatable bonds is 2. The van der Waals surface area contributed by atoms with Gasteiger partial charge in [-0.05, 0) is 26.2 Å². The first kappa shape index (κ1) is 16.7. The van der Waals surface area contributed by atoms with Crippen LogP contribution < -0.4 is 9.80 Å². The summed E-state index contributed by atoms with van der Waals surface area (Å²) in [6.45, 7) is 12.4. The maximum absolute atomic E-state index is 5.01. The predicted octanol–water partition coefficient (Wildman–Crippen LogP) is 2.75. The number of fused-ring (bicyclic) bond motifs is 1. The normalized spacial score (nSPS) is 17.9. The lowest BCUT2D eigenvalue weighted by molar-refractivity contribution is 0.538. The molecular weight excluding hydrogens is 332 g/mol. The molecule has 0 atom stereocenters. The van der Waals surface area contributed by atoms with Crippen molar-refractivity contribution in [3.8, 4) is 0 Å². The Morgan fingerprint density at radius 2 is 1.64 bits per heavy atom. The molecule has 0 saturated carbocycles. The highest BCUT2D eigenvalue weighted by Gasteiger charge is 2.29. The van der Waals surface area contributed by atoms with Gasteiger partial charge >= 0.3 is 0 Å². The summed E-state index contributed by atoms with van der Waals surface area (Å²) < 4.78 is 4.31. The summed E-state index contributed by atoms with van der Waals surface area (Å²) in [5.41, 5.74) is 2.64. The molecular formula is C18H26N6S. The highest BCUT2D eigenvalue weighted by molar-refractivity contribution is 7.09. The van der Waals surface area contributed by atoms with Gasteiger partial charge < -0.3 is 9.80 Å². The second-order valence-corrected chi connectivity index (χ2v) is 8.73. The van der Waals surface area contributed by atoms with Gasteiger partial charge in [-0.3, -0.25) is 0 Å². The molecule has 2 aromatic rings. The van der Waals surface area contributed by atoms with E-state index in [4.69, 9.17) is 9.97 Å². The Morgan fingerprint density at radius 3 is 2.28 bits per heavy atom. The molecule has 4 rings (SSSR count). The monoisotopic (exact) mass is 358 g/mol. The second-order valence-electron chi connectivity index (χ2n) is 8.00. The van der Waals surface area contributed by atoms with Crippen molar-refractivity contribution in [2.75, 3.05) is 36.0 Å². The Hall–Kier alpha value is -1.76. The van der Waals surface area contributed by atoms with Crippen molar-refractivity contribution in [2.24, 2.45) is 0 Å². The number of aryl methyl sites for hydroxylation is 2. The van der Waals surface area contributed by atoms with Crippen LogP contribution in [0.3, 0.4) is 0 Å². The fourth-order valence-corrected chi connectivity index (χ4v) is 4.26. The van der Waals surface area contributed by atoms with Gasteiger partial charge in [-0.25, -0.2) is 15.0 Å². The van der Waals surface area contributed by atoms with Crippen LogP contribution in [0.4, 0.5) is 10.9 Å². The maximum atomic E-state index is 5.01. The van der Waals surface area contributed by atoms with Gasteiger partial charge in [0.05, 0.1) is 0 Å². The standard InChI is InChI=1S/C18H26N6S/c1-12-19-17(25-22-12)24-10-8-23(9-11-24)15-13-6-5-7-14(13)20-16(21-15)18(2,3)4/h5-11H2,1-4H3. The Kier molecular flexibility index (Phi) is 4.14. The molecule has 2 aliphatic rings. The summed E-state index contributed by atoms with van der Waals surface area (Å²) in [5, 5.41) is 1.04. The molecule has 0 N–H and O–H groups in total. The lowest BCUT2D eigenvalue weighted by Crippen LogP contribution is -2.47. The Bertz CT molecular complexity index is 770. The van der Waals surface area contributed by atoms with Crippen molar-refractivity contribution < 1.29 is 0 Å². The van der Waals surface area contributed by atoms with E-state index in [1.807, 2.05) is 6.92 Å². The van der Waals surface area contributed by atoms with Gasteiger partial charge in [0.15, 0.2) is 0 Å². The van der Waals surface area contributed by atoms with Crippen molar-refractivity contribution in [3.05, 3.63) is 22.9 Å². The number of anilines is 2. The molecule has 134 valence electrons. The van der Waals surface area contributed by atoms with E-state index in [0.717, 1.165) is 55.8 Å². The predicted molar refractivity (Wildman–Crippen MR) is 102 cm³/mol. The molecule has 1 fully saturated rings. The minimum atomic E-state index is -0.0156. The fourth-order valence-electron chi connectivity index (χ4n) is 3.53. The third kappa shape index (κ3) is 3.21. The van der Waals surface area contributed by atoms with E-state index in [1.54, 1.807) is 0 Å². The summed E-state index contributed by atoms with van der Waals surface area (Å²) in [6.07, 6.45) is 3.41. The van der Waals surface area contributed by atoms with E-state index in [1.165, 1.54) is 35.0 Å². The molecule has 1 aliphatic heterocycles. The highest BCUT2D eigenvalue weighted by Crippen LogP contribution is 2.32. The van der Waals surface area contributed by atoms with Crippen molar-refractivity contribution in [2.45, 2.75) is 52.4 Å². The smallest absolute Gasteiger partial charge is 0.205 e. The average molecular weight is 359 g/mol. The zero-order chi connectivity index (χ0) is 17.6. The van der Waals surface area contributed by atoms with Gasteiger partial charge in [-0.15, -0.1) is 0 Å². The van der Waals surface area contributed by atoms with Gasteiger partial charge in [0, 0.05) is 54.4 Å². The molecule has 0 amide bonds. The van der Waals surface area contributed by atoms with Gasteiger partial charge in [-0.1, -0.05) is 20.8 Å². The molecule has 25 heavy (non-hydrogen) atoms. The maximum Gasteiger partial charge on any atom is 0.205 e. The lowest BCUT2D eigenvalue weighted by atomic mass is 9.95. The van der Waals surface area contributed by atoms with E-state index in [2.05, 4.69) is 39.9 Å². The molecule has 1 saturated heterocycles. The van der Waals surface area contributed by atoms with E-state index >= 15 is 0 Å². The topological polar surface area (TPSA) is 58.0 Å². The average Bonchev–Trinajstić information content (AvgIpc) is 3.22. The fraction of sp³-hybridized carbons (Fsp3) is 0.667. The SMILES string of the molecule is Cc1nsc(N2CCN(c3nc(C(C)(C)C)nc4c3CCC4)CC2)n1. The molecule has 0 unspecified atom stereocenters. The first-order valence-corrected chi connectivity index (χ1v) is 9.89. The summed E-state index contributed by atoms with van der Waals surface area (Å²) in [5.74, 6) is 3.02. The number of nitrogens with zero attached hydrogens (tertiary/aromatic N) is 6. The van der Waals surface area contributed by atoms with Crippen molar-refractivity contribution in [3.63, 3.8) is 0 Å². The van der Waals surface area contributed by atoms with Crippen LogP contribution in [0.15, 0.2) is 0 Å². The minimum absolute atomic E-state index is 0.0156.